The summed E-state index contributed by atoms with van der Waals surface area (Å²) >= 11 is 0. The van der Waals surface area contributed by atoms with Gasteiger partial charge in [0, 0.05) is 12.2 Å². The van der Waals surface area contributed by atoms with Crippen molar-refractivity contribution in [3.63, 3.8) is 0 Å². The Kier molecular flexibility index (Phi) is 5.62. The summed E-state index contributed by atoms with van der Waals surface area (Å²) in [5, 5.41) is 7.36. The molecule has 23 heavy (non-hydrogen) atoms. The third-order valence-corrected chi connectivity index (χ3v) is 2.88. The maximum absolute atomic E-state index is 13.0. The average Bonchev–Trinajstić information content (AvgIpc) is 2.52. The molecule has 2 rings (SSSR count). The number of amides is 3. The molecule has 0 atom stereocenters. The van der Waals surface area contributed by atoms with Crippen LogP contribution < -0.4 is 16.0 Å². The molecule has 120 valence electrons. The Morgan fingerprint density at radius 2 is 1.65 bits per heavy atom. The van der Waals surface area contributed by atoms with Crippen LogP contribution >= 0.6 is 0 Å². The van der Waals surface area contributed by atoms with E-state index in [2.05, 4.69) is 16.0 Å². The molecule has 2 aromatic rings. The van der Waals surface area contributed by atoms with Crippen molar-refractivity contribution < 1.29 is 18.4 Å². The molecule has 0 unspecified atom stereocenters. The van der Waals surface area contributed by atoms with Crippen LogP contribution in [0.15, 0.2) is 48.5 Å². The van der Waals surface area contributed by atoms with Gasteiger partial charge in [-0.3, -0.25) is 4.79 Å². The zero-order chi connectivity index (χ0) is 16.7. The molecule has 0 bridgehead atoms. The quantitative estimate of drug-likeness (QED) is 0.792. The fraction of sp³-hybridized carbons (Fsp3) is 0.125. The smallest absolute Gasteiger partial charge is 0.315 e. The van der Waals surface area contributed by atoms with Gasteiger partial charge in [-0.15, -0.1) is 0 Å². The summed E-state index contributed by atoms with van der Waals surface area (Å²) in [6.45, 7) is -0.0522. The van der Waals surface area contributed by atoms with Crippen LogP contribution in [0.4, 0.5) is 19.3 Å². The van der Waals surface area contributed by atoms with Crippen LogP contribution in [0.2, 0.25) is 0 Å². The lowest BCUT2D eigenvalue weighted by molar-refractivity contribution is -0.115. The topological polar surface area (TPSA) is 70.2 Å². The standard InChI is InChI=1S/C16H15F2N3O2/c17-12-6-4-11(5-7-12)9-19-16(23)20-10-15(22)21-14-3-1-2-13(18)8-14/h1-8H,9-10H2,(H,21,22)(H2,19,20,23). The highest BCUT2D eigenvalue weighted by molar-refractivity contribution is 5.94. The highest BCUT2D eigenvalue weighted by Crippen LogP contribution is 2.08. The van der Waals surface area contributed by atoms with Gasteiger partial charge in [0.15, 0.2) is 0 Å². The lowest BCUT2D eigenvalue weighted by atomic mass is 10.2. The van der Waals surface area contributed by atoms with E-state index in [1.165, 1.54) is 36.4 Å². The first-order valence-corrected chi connectivity index (χ1v) is 6.84. The lowest BCUT2D eigenvalue weighted by Crippen LogP contribution is -2.39. The minimum Gasteiger partial charge on any atom is -0.334 e. The fourth-order valence-electron chi connectivity index (χ4n) is 1.78. The van der Waals surface area contributed by atoms with Gasteiger partial charge in [-0.05, 0) is 35.9 Å². The summed E-state index contributed by atoms with van der Waals surface area (Å²) in [4.78, 5) is 23.2. The first kappa shape index (κ1) is 16.4. The molecule has 2 aromatic carbocycles. The maximum Gasteiger partial charge on any atom is 0.315 e. The van der Waals surface area contributed by atoms with Gasteiger partial charge in [0.05, 0.1) is 6.54 Å². The second kappa shape index (κ2) is 7.88. The van der Waals surface area contributed by atoms with Gasteiger partial charge in [0.2, 0.25) is 5.91 Å². The first-order chi connectivity index (χ1) is 11.0. The van der Waals surface area contributed by atoms with E-state index in [1.807, 2.05) is 0 Å². The number of anilines is 1. The first-order valence-electron chi connectivity index (χ1n) is 6.84. The zero-order valence-corrected chi connectivity index (χ0v) is 12.1. The number of hydrogen-bond donors (Lipinski definition) is 3. The van der Waals surface area contributed by atoms with Crippen LogP contribution in [0.5, 0.6) is 0 Å². The van der Waals surface area contributed by atoms with Crippen LogP contribution in [0.25, 0.3) is 0 Å². The maximum atomic E-state index is 13.0. The van der Waals surface area contributed by atoms with E-state index < -0.39 is 17.8 Å². The molecule has 0 heterocycles. The molecule has 0 saturated heterocycles. The predicted octanol–water partition coefficient (Wildman–Crippen LogP) is 2.40. The van der Waals surface area contributed by atoms with E-state index in [0.29, 0.717) is 5.69 Å². The number of carbonyl (C=O) groups is 2. The van der Waals surface area contributed by atoms with Crippen LogP contribution in [-0.2, 0) is 11.3 Å². The number of hydrogen-bond acceptors (Lipinski definition) is 2. The molecule has 5 nitrogen and oxygen atoms in total. The lowest BCUT2D eigenvalue weighted by Gasteiger charge is -2.08. The Morgan fingerprint density at radius 1 is 0.913 bits per heavy atom. The van der Waals surface area contributed by atoms with Crippen LogP contribution in [0.1, 0.15) is 5.56 Å². The van der Waals surface area contributed by atoms with E-state index in [1.54, 1.807) is 12.1 Å². The summed E-state index contributed by atoms with van der Waals surface area (Å²) < 4.78 is 25.7. The van der Waals surface area contributed by atoms with Gasteiger partial charge in [-0.1, -0.05) is 18.2 Å². The van der Waals surface area contributed by atoms with Crippen molar-refractivity contribution in [2.24, 2.45) is 0 Å². The highest BCUT2D eigenvalue weighted by atomic mass is 19.1. The number of urea groups is 1. The molecule has 0 aliphatic carbocycles. The Balaban J connectivity index is 1.71. The molecule has 3 amide bonds. The van der Waals surface area contributed by atoms with Crippen LogP contribution in [0.3, 0.4) is 0 Å². The molecule has 0 fully saturated rings. The summed E-state index contributed by atoms with van der Waals surface area (Å²) in [5.41, 5.74) is 1.04. The minimum absolute atomic E-state index is 0.206. The van der Waals surface area contributed by atoms with Crippen molar-refractivity contribution >= 4 is 17.6 Å². The number of nitrogens with one attached hydrogen (secondary N) is 3. The summed E-state index contributed by atoms with van der Waals surface area (Å²) in [6, 6.07) is 10.6. The molecule has 0 radical (unpaired) electrons. The van der Waals surface area contributed by atoms with E-state index in [4.69, 9.17) is 0 Å². The Labute approximate surface area is 131 Å². The zero-order valence-electron chi connectivity index (χ0n) is 12.1. The van der Waals surface area contributed by atoms with E-state index in [-0.39, 0.29) is 18.9 Å². The number of benzene rings is 2. The number of rotatable bonds is 5. The summed E-state index contributed by atoms with van der Waals surface area (Å²) in [7, 11) is 0. The average molecular weight is 319 g/mol. The van der Waals surface area contributed by atoms with E-state index in [9.17, 15) is 18.4 Å². The van der Waals surface area contributed by atoms with Crippen LogP contribution in [-0.4, -0.2) is 18.5 Å². The third-order valence-electron chi connectivity index (χ3n) is 2.88. The number of halogens is 2. The normalized spacial score (nSPS) is 10.0. The van der Waals surface area contributed by atoms with Gasteiger partial charge in [0.25, 0.3) is 0 Å². The SMILES string of the molecule is O=C(CNC(=O)NCc1ccc(F)cc1)Nc1cccc(F)c1. The Bertz CT molecular complexity index is 690. The van der Waals surface area contributed by atoms with Crippen molar-refractivity contribution in [2.45, 2.75) is 6.54 Å². The summed E-state index contributed by atoms with van der Waals surface area (Å²) in [5.74, 6) is -1.30. The van der Waals surface area contributed by atoms with Crippen molar-refractivity contribution in [3.05, 3.63) is 65.7 Å². The van der Waals surface area contributed by atoms with Crippen molar-refractivity contribution in [1.82, 2.24) is 10.6 Å². The van der Waals surface area contributed by atoms with Crippen LogP contribution in [0, 0.1) is 11.6 Å². The summed E-state index contributed by atoms with van der Waals surface area (Å²) in [6.07, 6.45) is 0. The molecule has 0 aliphatic rings. The fourth-order valence-corrected chi connectivity index (χ4v) is 1.78. The van der Waals surface area contributed by atoms with Gasteiger partial charge in [-0.25, -0.2) is 13.6 Å². The van der Waals surface area contributed by atoms with Gasteiger partial charge in [-0.2, -0.15) is 0 Å². The highest BCUT2D eigenvalue weighted by Gasteiger charge is 2.06. The molecular formula is C16H15F2N3O2. The van der Waals surface area contributed by atoms with E-state index >= 15 is 0 Å². The largest absolute Gasteiger partial charge is 0.334 e. The minimum atomic E-state index is -0.538. The molecule has 0 spiro atoms. The number of carbonyl (C=O) groups excluding carboxylic acids is 2. The Morgan fingerprint density at radius 3 is 2.35 bits per heavy atom. The van der Waals surface area contributed by atoms with E-state index in [0.717, 1.165) is 5.56 Å². The second-order valence-corrected chi connectivity index (χ2v) is 4.72. The molecule has 0 saturated carbocycles. The second-order valence-electron chi connectivity index (χ2n) is 4.72. The molecule has 0 aromatic heterocycles. The van der Waals surface area contributed by atoms with Crippen molar-refractivity contribution in [1.29, 1.82) is 0 Å². The third kappa shape index (κ3) is 5.74. The monoisotopic (exact) mass is 319 g/mol. The predicted molar refractivity (Wildman–Crippen MR) is 81.7 cm³/mol. The van der Waals surface area contributed by atoms with Gasteiger partial charge >= 0.3 is 6.03 Å². The molecule has 0 aliphatic heterocycles. The Hall–Kier alpha value is -2.96. The molecule has 3 N–H and O–H groups in total. The van der Waals surface area contributed by atoms with Gasteiger partial charge in [0.1, 0.15) is 11.6 Å². The van der Waals surface area contributed by atoms with Crippen molar-refractivity contribution in [3.8, 4) is 0 Å². The van der Waals surface area contributed by atoms with Gasteiger partial charge < -0.3 is 16.0 Å². The van der Waals surface area contributed by atoms with Crippen molar-refractivity contribution in [2.75, 3.05) is 11.9 Å². The molecule has 7 heteroatoms. The molecular weight excluding hydrogens is 304 g/mol.